The molecular weight excluding hydrogens is 333 g/mol. The molecule has 0 aliphatic heterocycles. The predicted molar refractivity (Wildman–Crippen MR) is 77.9 cm³/mol. The summed E-state index contributed by atoms with van der Waals surface area (Å²) in [5.41, 5.74) is 0. The molecule has 1 aliphatic carbocycles. The number of halogens is 1. The fourth-order valence-electron chi connectivity index (χ4n) is 2.03. The molecule has 0 amide bonds. The highest BCUT2D eigenvalue weighted by Gasteiger charge is 2.24. The van der Waals surface area contributed by atoms with Crippen molar-refractivity contribution in [1.82, 2.24) is 9.97 Å². The smallest absolute Gasteiger partial charge is 0.222 e. The summed E-state index contributed by atoms with van der Waals surface area (Å²) in [4.78, 5) is 8.55. The van der Waals surface area contributed by atoms with Crippen molar-refractivity contribution in [1.29, 1.82) is 0 Å². The van der Waals surface area contributed by atoms with Crippen LogP contribution in [0.15, 0.2) is 12.4 Å². The maximum Gasteiger partial charge on any atom is 0.222 e. The Bertz CT molecular complexity index is 331. The van der Waals surface area contributed by atoms with E-state index >= 15 is 0 Å². The third kappa shape index (κ3) is 3.48. The molecule has 3 nitrogen and oxygen atoms in total. The fourth-order valence-corrected chi connectivity index (χ4v) is 3.45. The van der Waals surface area contributed by atoms with Crippen LogP contribution in [0, 0.1) is 3.57 Å². The molecule has 88 valence electrons. The van der Waals surface area contributed by atoms with Crippen molar-refractivity contribution in [3.63, 3.8) is 0 Å². The zero-order valence-electron chi connectivity index (χ0n) is 9.32. The van der Waals surface area contributed by atoms with Crippen LogP contribution in [0.4, 0.5) is 5.95 Å². The van der Waals surface area contributed by atoms with Crippen molar-refractivity contribution >= 4 is 40.3 Å². The van der Waals surface area contributed by atoms with Crippen LogP contribution in [0.5, 0.6) is 0 Å². The summed E-state index contributed by atoms with van der Waals surface area (Å²) in [7, 11) is 0. The predicted octanol–water partition coefficient (Wildman–Crippen LogP) is 3.17. The van der Waals surface area contributed by atoms with E-state index < -0.39 is 0 Å². The Labute approximate surface area is 114 Å². The summed E-state index contributed by atoms with van der Waals surface area (Å²) < 4.78 is 1.08. The van der Waals surface area contributed by atoms with Gasteiger partial charge in [0.25, 0.3) is 0 Å². The van der Waals surface area contributed by atoms with Gasteiger partial charge in [0.05, 0.1) is 0 Å². The highest BCUT2D eigenvalue weighted by Crippen LogP contribution is 2.30. The van der Waals surface area contributed by atoms with Crippen LogP contribution >= 0.6 is 34.4 Å². The van der Waals surface area contributed by atoms with E-state index in [0.717, 1.165) is 14.8 Å². The SMILES string of the molecule is CCSC1CCC(Nc2ncc(I)cn2)C1. The van der Waals surface area contributed by atoms with Crippen LogP contribution < -0.4 is 5.32 Å². The van der Waals surface area contributed by atoms with E-state index in [1.807, 2.05) is 12.4 Å². The van der Waals surface area contributed by atoms with Gasteiger partial charge in [-0.2, -0.15) is 11.8 Å². The minimum atomic E-state index is 0.559. The number of thioether (sulfide) groups is 1. The van der Waals surface area contributed by atoms with Gasteiger partial charge in [-0.3, -0.25) is 0 Å². The average molecular weight is 349 g/mol. The molecule has 0 bridgehead atoms. The van der Waals surface area contributed by atoms with E-state index in [0.29, 0.717) is 6.04 Å². The highest BCUT2D eigenvalue weighted by atomic mass is 127. The van der Waals surface area contributed by atoms with Crippen molar-refractivity contribution in [3.8, 4) is 0 Å². The Kier molecular flexibility index (Phi) is 4.69. The molecule has 2 rings (SSSR count). The van der Waals surface area contributed by atoms with Crippen LogP contribution in [-0.4, -0.2) is 27.0 Å². The topological polar surface area (TPSA) is 37.8 Å². The van der Waals surface area contributed by atoms with Gasteiger partial charge < -0.3 is 5.32 Å². The number of nitrogens with zero attached hydrogens (tertiary/aromatic N) is 2. The Morgan fingerprint density at radius 1 is 1.44 bits per heavy atom. The standard InChI is InChI=1S/C11H16IN3S/c1-2-16-10-4-3-9(5-10)15-11-13-6-8(12)7-14-11/h6-7,9-10H,2-5H2,1H3,(H,13,14,15). The first-order chi connectivity index (χ1) is 7.78. The Morgan fingerprint density at radius 3 is 2.88 bits per heavy atom. The molecule has 0 spiro atoms. The summed E-state index contributed by atoms with van der Waals surface area (Å²) in [5.74, 6) is 1.99. The molecule has 2 unspecified atom stereocenters. The van der Waals surface area contributed by atoms with Crippen molar-refractivity contribution < 1.29 is 0 Å². The molecule has 1 aromatic heterocycles. The van der Waals surface area contributed by atoms with Gasteiger partial charge in [-0.15, -0.1) is 0 Å². The van der Waals surface area contributed by atoms with Gasteiger partial charge in [-0.05, 0) is 47.6 Å². The van der Waals surface area contributed by atoms with Crippen LogP contribution in [0.3, 0.4) is 0 Å². The van der Waals surface area contributed by atoms with Gasteiger partial charge in [-0.1, -0.05) is 6.92 Å². The molecule has 1 fully saturated rings. The van der Waals surface area contributed by atoms with Crippen molar-refractivity contribution in [2.24, 2.45) is 0 Å². The van der Waals surface area contributed by atoms with E-state index in [-0.39, 0.29) is 0 Å². The second-order valence-electron chi connectivity index (χ2n) is 3.96. The molecule has 1 aromatic rings. The van der Waals surface area contributed by atoms with Crippen molar-refractivity contribution in [3.05, 3.63) is 16.0 Å². The molecule has 1 aliphatic rings. The molecule has 1 heterocycles. The molecule has 0 radical (unpaired) electrons. The largest absolute Gasteiger partial charge is 0.351 e. The van der Waals surface area contributed by atoms with E-state index in [1.54, 1.807) is 0 Å². The van der Waals surface area contributed by atoms with Gasteiger partial charge in [0.2, 0.25) is 5.95 Å². The van der Waals surface area contributed by atoms with E-state index in [4.69, 9.17) is 0 Å². The van der Waals surface area contributed by atoms with Crippen LogP contribution in [0.2, 0.25) is 0 Å². The average Bonchev–Trinajstić information content (AvgIpc) is 2.70. The normalized spacial score (nSPS) is 24.6. The minimum absolute atomic E-state index is 0.559. The number of rotatable bonds is 4. The minimum Gasteiger partial charge on any atom is -0.351 e. The first-order valence-electron chi connectivity index (χ1n) is 5.63. The zero-order chi connectivity index (χ0) is 11.4. The van der Waals surface area contributed by atoms with E-state index in [9.17, 15) is 0 Å². The van der Waals surface area contributed by atoms with Crippen molar-refractivity contribution in [2.75, 3.05) is 11.1 Å². The van der Waals surface area contributed by atoms with Gasteiger partial charge >= 0.3 is 0 Å². The maximum absolute atomic E-state index is 4.28. The molecule has 16 heavy (non-hydrogen) atoms. The van der Waals surface area contributed by atoms with Gasteiger partial charge in [-0.25, -0.2) is 9.97 Å². The first-order valence-corrected chi connectivity index (χ1v) is 7.76. The molecular formula is C11H16IN3S. The van der Waals surface area contributed by atoms with Gasteiger partial charge in [0.15, 0.2) is 0 Å². The fraction of sp³-hybridized carbons (Fsp3) is 0.636. The van der Waals surface area contributed by atoms with Gasteiger partial charge in [0.1, 0.15) is 0 Å². The lowest BCUT2D eigenvalue weighted by Crippen LogP contribution is -2.17. The van der Waals surface area contributed by atoms with Crippen LogP contribution in [-0.2, 0) is 0 Å². The second kappa shape index (κ2) is 6.05. The molecule has 0 aromatic carbocycles. The maximum atomic E-state index is 4.28. The number of aromatic nitrogens is 2. The van der Waals surface area contributed by atoms with Crippen LogP contribution in [0.1, 0.15) is 26.2 Å². The summed E-state index contributed by atoms with van der Waals surface area (Å²) >= 11 is 4.29. The number of hydrogen-bond acceptors (Lipinski definition) is 4. The van der Waals surface area contributed by atoms with E-state index in [2.05, 4.69) is 56.6 Å². The molecule has 0 saturated heterocycles. The lowest BCUT2D eigenvalue weighted by atomic mass is 10.2. The summed E-state index contributed by atoms with van der Waals surface area (Å²) in [6, 6.07) is 0.559. The molecule has 1 saturated carbocycles. The highest BCUT2D eigenvalue weighted by molar-refractivity contribution is 14.1. The lowest BCUT2D eigenvalue weighted by Gasteiger charge is -2.12. The third-order valence-corrected chi connectivity index (χ3v) is 4.53. The quantitative estimate of drug-likeness (QED) is 0.848. The molecule has 1 N–H and O–H groups in total. The zero-order valence-corrected chi connectivity index (χ0v) is 12.3. The number of anilines is 1. The summed E-state index contributed by atoms with van der Waals surface area (Å²) in [6.45, 7) is 2.23. The molecule has 5 heteroatoms. The van der Waals surface area contributed by atoms with E-state index in [1.165, 1.54) is 25.0 Å². The Hall–Kier alpha value is -0.0400. The Morgan fingerprint density at radius 2 is 2.19 bits per heavy atom. The first kappa shape index (κ1) is 12.4. The van der Waals surface area contributed by atoms with Crippen LogP contribution in [0.25, 0.3) is 0 Å². The van der Waals surface area contributed by atoms with Gasteiger partial charge in [0, 0.05) is 27.3 Å². The Balaban J connectivity index is 1.84. The monoisotopic (exact) mass is 349 g/mol. The summed E-state index contributed by atoms with van der Waals surface area (Å²) in [5, 5.41) is 4.24. The third-order valence-electron chi connectivity index (χ3n) is 2.74. The number of nitrogens with one attached hydrogen (secondary N) is 1. The lowest BCUT2D eigenvalue weighted by molar-refractivity contribution is 0.745. The number of hydrogen-bond donors (Lipinski definition) is 1. The molecule has 2 atom stereocenters. The second-order valence-corrected chi connectivity index (χ2v) is 6.78. The van der Waals surface area contributed by atoms with Crippen molar-refractivity contribution in [2.45, 2.75) is 37.5 Å². The summed E-state index contributed by atoms with van der Waals surface area (Å²) in [6.07, 6.45) is 7.51.